The van der Waals surface area contributed by atoms with Crippen LogP contribution in [0.3, 0.4) is 0 Å². The fraction of sp³-hybridized carbons (Fsp3) is 1.00. The van der Waals surface area contributed by atoms with Gasteiger partial charge >= 0.3 is 7.94 Å². The maximum absolute atomic E-state index is 8.53. The molecule has 0 bridgehead atoms. The highest BCUT2D eigenvalue weighted by molar-refractivity contribution is 7.58. The third-order valence-corrected chi connectivity index (χ3v) is 0.857. The van der Waals surface area contributed by atoms with Gasteiger partial charge in [-0.25, -0.2) is 0 Å². The number of hydrogen-bond donors (Lipinski definition) is 3. The van der Waals surface area contributed by atoms with Crippen molar-refractivity contribution in [3.63, 3.8) is 0 Å². The van der Waals surface area contributed by atoms with E-state index >= 15 is 0 Å². The summed E-state index contributed by atoms with van der Waals surface area (Å²) in [5, 5.41) is 0. The van der Waals surface area contributed by atoms with Crippen molar-refractivity contribution in [3.8, 4) is 0 Å². The second-order valence-corrected chi connectivity index (χ2v) is 3.28. The summed E-state index contributed by atoms with van der Waals surface area (Å²) in [6.45, 7) is 3.60. The average molecular weight is 140 g/mol. The first-order chi connectivity index (χ1) is 3.56. The topological polar surface area (TPSA) is 61.7 Å². The summed E-state index contributed by atoms with van der Waals surface area (Å²) in [5.41, 5.74) is 2.34. The van der Waals surface area contributed by atoms with Crippen LogP contribution in [0.25, 0.3) is 0 Å². The van der Waals surface area contributed by atoms with Crippen LogP contribution in [0.1, 0.15) is 6.92 Å². The summed E-state index contributed by atoms with van der Waals surface area (Å²) in [5.74, 6) is 0. The van der Waals surface area contributed by atoms with Crippen LogP contribution in [-0.2, 0) is 4.62 Å². The first kappa shape index (κ1) is 8.27. The SMILES string of the molecule is CCNO[P+](C)(O)O. The highest BCUT2D eigenvalue weighted by Crippen LogP contribution is 2.44. The summed E-state index contributed by atoms with van der Waals surface area (Å²) in [6, 6.07) is 0. The lowest BCUT2D eigenvalue weighted by Gasteiger charge is -2.02. The molecule has 0 rings (SSSR count). The molecule has 0 radical (unpaired) electrons. The first-order valence-electron chi connectivity index (χ1n) is 2.29. The Morgan fingerprint density at radius 2 is 2.12 bits per heavy atom. The van der Waals surface area contributed by atoms with E-state index in [9.17, 15) is 0 Å². The van der Waals surface area contributed by atoms with Crippen LogP contribution >= 0.6 is 7.94 Å². The van der Waals surface area contributed by atoms with E-state index in [1.165, 1.54) is 6.66 Å². The first-order valence-corrected chi connectivity index (χ1v) is 4.35. The Bertz CT molecular complexity index is 62.0. The zero-order chi connectivity index (χ0) is 6.62. The van der Waals surface area contributed by atoms with Gasteiger partial charge in [-0.1, -0.05) is 11.5 Å². The molecule has 0 aliphatic heterocycles. The molecule has 0 aliphatic rings. The average Bonchev–Trinajstić information content (AvgIpc) is 1.59. The molecule has 0 saturated carbocycles. The van der Waals surface area contributed by atoms with Crippen LogP contribution in [0.15, 0.2) is 0 Å². The van der Waals surface area contributed by atoms with E-state index in [1.807, 2.05) is 0 Å². The van der Waals surface area contributed by atoms with Crippen LogP contribution in [0.2, 0.25) is 0 Å². The van der Waals surface area contributed by atoms with Gasteiger partial charge in [0.2, 0.25) is 0 Å². The fourth-order valence-electron chi connectivity index (χ4n) is 0.187. The second-order valence-electron chi connectivity index (χ2n) is 1.42. The molecule has 4 nitrogen and oxygen atoms in total. The minimum absolute atomic E-state index is 0.566. The van der Waals surface area contributed by atoms with E-state index in [0.717, 1.165) is 0 Å². The lowest BCUT2D eigenvalue weighted by Crippen LogP contribution is -2.13. The predicted molar refractivity (Wildman–Crippen MR) is 32.0 cm³/mol. The number of hydrogen-bond acceptors (Lipinski definition) is 4. The maximum atomic E-state index is 8.53. The van der Waals surface area contributed by atoms with Crippen LogP contribution in [0, 0.1) is 0 Å². The van der Waals surface area contributed by atoms with Crippen LogP contribution in [-0.4, -0.2) is 23.0 Å². The standard InChI is InChI=1S/C3H11NO3P/c1-3-4-7-8(2,5)6/h4-6H,3H2,1-2H3/q+1. The van der Waals surface area contributed by atoms with Gasteiger partial charge in [-0.2, -0.15) is 15.3 Å². The molecule has 0 fully saturated rings. The van der Waals surface area contributed by atoms with Crippen molar-refractivity contribution in [1.29, 1.82) is 0 Å². The number of nitrogens with one attached hydrogen (secondary N) is 1. The predicted octanol–water partition coefficient (Wildman–Crippen LogP) is -0.0955. The lowest BCUT2D eigenvalue weighted by molar-refractivity contribution is 0.153. The van der Waals surface area contributed by atoms with E-state index in [0.29, 0.717) is 6.54 Å². The summed E-state index contributed by atoms with van der Waals surface area (Å²) in [4.78, 5) is 17.1. The zero-order valence-electron chi connectivity index (χ0n) is 4.96. The summed E-state index contributed by atoms with van der Waals surface area (Å²) < 4.78 is 4.35. The molecule has 0 aromatic rings. The molecule has 5 heteroatoms. The van der Waals surface area contributed by atoms with E-state index in [4.69, 9.17) is 9.79 Å². The van der Waals surface area contributed by atoms with E-state index < -0.39 is 7.94 Å². The zero-order valence-corrected chi connectivity index (χ0v) is 5.85. The van der Waals surface area contributed by atoms with Crippen molar-refractivity contribution in [2.24, 2.45) is 0 Å². The van der Waals surface area contributed by atoms with E-state index in [1.54, 1.807) is 6.92 Å². The minimum Gasteiger partial charge on any atom is -0.192 e. The van der Waals surface area contributed by atoms with Crippen molar-refractivity contribution in [1.82, 2.24) is 5.48 Å². The molecule has 0 unspecified atom stereocenters. The van der Waals surface area contributed by atoms with Crippen molar-refractivity contribution >= 4 is 7.94 Å². The van der Waals surface area contributed by atoms with Crippen molar-refractivity contribution in [2.45, 2.75) is 6.92 Å². The molecular formula is C3H11NO3P+. The molecule has 0 spiro atoms. The molecule has 3 N–H and O–H groups in total. The Morgan fingerprint density at radius 3 is 2.25 bits per heavy atom. The van der Waals surface area contributed by atoms with Gasteiger partial charge in [0.1, 0.15) is 6.66 Å². The van der Waals surface area contributed by atoms with Gasteiger partial charge in [0, 0.05) is 6.54 Å². The van der Waals surface area contributed by atoms with Gasteiger partial charge in [-0.05, 0) is 0 Å². The van der Waals surface area contributed by atoms with Gasteiger partial charge in [0.15, 0.2) is 0 Å². The van der Waals surface area contributed by atoms with Gasteiger partial charge in [-0.15, -0.1) is 0 Å². The third-order valence-electron chi connectivity index (χ3n) is 0.382. The Hall–Kier alpha value is 0.270. The highest BCUT2D eigenvalue weighted by Gasteiger charge is 2.26. The molecule has 0 amide bonds. The Kier molecular flexibility index (Phi) is 3.44. The van der Waals surface area contributed by atoms with E-state index in [2.05, 4.69) is 10.1 Å². The van der Waals surface area contributed by atoms with Crippen LogP contribution in [0.5, 0.6) is 0 Å². The lowest BCUT2D eigenvalue weighted by atomic mass is 10.8. The molecule has 0 aliphatic carbocycles. The Balaban J connectivity index is 3.11. The second kappa shape index (κ2) is 3.33. The quantitative estimate of drug-likeness (QED) is 0.378. The summed E-state index contributed by atoms with van der Waals surface area (Å²) in [7, 11) is -3.04. The molecule has 0 aromatic carbocycles. The molecule has 50 valence electrons. The third kappa shape index (κ3) is 6.27. The normalized spacial score (nSPS) is 12.0. The molecule has 8 heavy (non-hydrogen) atoms. The highest BCUT2D eigenvalue weighted by atomic mass is 31.2. The molecule has 0 atom stereocenters. The Morgan fingerprint density at radius 1 is 1.62 bits per heavy atom. The molecular weight excluding hydrogens is 129 g/mol. The number of hydroxylamine groups is 1. The van der Waals surface area contributed by atoms with Crippen LogP contribution < -0.4 is 5.48 Å². The maximum Gasteiger partial charge on any atom is 0.425 e. The smallest absolute Gasteiger partial charge is 0.192 e. The monoisotopic (exact) mass is 140 g/mol. The van der Waals surface area contributed by atoms with Crippen molar-refractivity contribution in [3.05, 3.63) is 0 Å². The van der Waals surface area contributed by atoms with Gasteiger partial charge < -0.3 is 0 Å². The van der Waals surface area contributed by atoms with Gasteiger partial charge in [-0.3, -0.25) is 0 Å². The Labute approximate surface area is 49.0 Å². The fourth-order valence-corrected chi connectivity index (χ4v) is 0.561. The van der Waals surface area contributed by atoms with Crippen molar-refractivity contribution in [2.75, 3.05) is 13.2 Å². The van der Waals surface area contributed by atoms with Crippen molar-refractivity contribution < 1.29 is 14.4 Å². The van der Waals surface area contributed by atoms with Gasteiger partial charge in [0.05, 0.1) is 0 Å². The molecule has 0 saturated heterocycles. The summed E-state index contributed by atoms with van der Waals surface area (Å²) >= 11 is 0. The van der Waals surface area contributed by atoms with Gasteiger partial charge in [0.25, 0.3) is 0 Å². The molecule has 0 heterocycles. The minimum atomic E-state index is -3.04. The largest absolute Gasteiger partial charge is 0.425 e. The number of rotatable bonds is 3. The van der Waals surface area contributed by atoms with E-state index in [-0.39, 0.29) is 0 Å². The summed E-state index contributed by atoms with van der Waals surface area (Å²) in [6.07, 6.45) is 0. The van der Waals surface area contributed by atoms with Crippen LogP contribution in [0.4, 0.5) is 0 Å². The molecule has 0 aromatic heterocycles.